The van der Waals surface area contributed by atoms with Gasteiger partial charge >= 0.3 is 0 Å². The number of carbonyl (C=O) groups excluding carboxylic acids is 1. The van der Waals surface area contributed by atoms with Crippen molar-refractivity contribution in [3.63, 3.8) is 0 Å². The standard InChI is InChI=1S/C18H22N2O4/c1-13-9-15(19-24-13)11-20(2)18(21)14-5-3-6-16(10-14)23-12-17-7-4-8-22-17/h3,5-6,9-10,17H,4,7-8,11-12H2,1-2H3. The van der Waals surface area contributed by atoms with Crippen LogP contribution in [0.15, 0.2) is 34.9 Å². The van der Waals surface area contributed by atoms with Crippen LogP contribution in [0.1, 0.15) is 34.7 Å². The van der Waals surface area contributed by atoms with Crippen LogP contribution in [0.4, 0.5) is 0 Å². The normalized spacial score (nSPS) is 17.0. The van der Waals surface area contributed by atoms with Gasteiger partial charge in [0.15, 0.2) is 0 Å². The van der Waals surface area contributed by atoms with Crippen LogP contribution in [0.25, 0.3) is 0 Å². The molecule has 1 aliphatic heterocycles. The number of rotatable bonds is 6. The summed E-state index contributed by atoms with van der Waals surface area (Å²) in [5, 5.41) is 3.92. The Morgan fingerprint density at radius 1 is 1.42 bits per heavy atom. The molecule has 1 unspecified atom stereocenters. The summed E-state index contributed by atoms with van der Waals surface area (Å²) in [6.45, 7) is 3.55. The van der Waals surface area contributed by atoms with E-state index in [1.807, 2.05) is 25.1 Å². The highest BCUT2D eigenvalue weighted by atomic mass is 16.5. The number of hydrogen-bond acceptors (Lipinski definition) is 5. The van der Waals surface area contributed by atoms with Crippen molar-refractivity contribution < 1.29 is 18.8 Å². The second kappa shape index (κ2) is 7.49. The van der Waals surface area contributed by atoms with Crippen LogP contribution in [-0.2, 0) is 11.3 Å². The maximum absolute atomic E-state index is 12.6. The summed E-state index contributed by atoms with van der Waals surface area (Å²) in [6, 6.07) is 9.05. The first-order chi connectivity index (χ1) is 11.6. The van der Waals surface area contributed by atoms with Crippen LogP contribution < -0.4 is 4.74 Å². The molecule has 24 heavy (non-hydrogen) atoms. The Kier molecular flexibility index (Phi) is 5.15. The van der Waals surface area contributed by atoms with E-state index in [0.29, 0.717) is 24.5 Å². The van der Waals surface area contributed by atoms with Crippen molar-refractivity contribution in [2.75, 3.05) is 20.3 Å². The Balaban J connectivity index is 1.60. The fourth-order valence-electron chi connectivity index (χ4n) is 2.71. The number of carbonyl (C=O) groups is 1. The van der Waals surface area contributed by atoms with Gasteiger partial charge in [0.05, 0.1) is 12.6 Å². The molecule has 1 aromatic heterocycles. The van der Waals surface area contributed by atoms with E-state index in [-0.39, 0.29) is 12.0 Å². The second-order valence-electron chi connectivity index (χ2n) is 6.06. The first kappa shape index (κ1) is 16.5. The lowest BCUT2D eigenvalue weighted by Gasteiger charge is -2.16. The minimum atomic E-state index is -0.0850. The van der Waals surface area contributed by atoms with E-state index in [1.54, 1.807) is 24.1 Å². The Bertz CT molecular complexity index is 692. The predicted octanol–water partition coefficient (Wildman–Crippen LogP) is 2.81. The average molecular weight is 330 g/mol. The van der Waals surface area contributed by atoms with Crippen molar-refractivity contribution in [1.29, 1.82) is 0 Å². The summed E-state index contributed by atoms with van der Waals surface area (Å²) in [7, 11) is 1.74. The van der Waals surface area contributed by atoms with E-state index in [1.165, 1.54) is 0 Å². The second-order valence-corrected chi connectivity index (χ2v) is 6.06. The Morgan fingerprint density at radius 3 is 3.00 bits per heavy atom. The summed E-state index contributed by atoms with van der Waals surface area (Å²) in [6.07, 6.45) is 2.26. The Labute approximate surface area is 141 Å². The van der Waals surface area contributed by atoms with E-state index in [4.69, 9.17) is 14.0 Å². The molecule has 0 N–H and O–H groups in total. The van der Waals surface area contributed by atoms with Crippen LogP contribution >= 0.6 is 0 Å². The first-order valence-corrected chi connectivity index (χ1v) is 8.14. The molecular weight excluding hydrogens is 308 g/mol. The average Bonchev–Trinajstić information content (AvgIpc) is 3.24. The van der Waals surface area contributed by atoms with Crippen LogP contribution in [-0.4, -0.2) is 42.3 Å². The van der Waals surface area contributed by atoms with Crippen molar-refractivity contribution in [2.45, 2.75) is 32.4 Å². The Hall–Kier alpha value is -2.34. The molecule has 1 aliphatic rings. The van der Waals surface area contributed by atoms with Crippen LogP contribution in [0.3, 0.4) is 0 Å². The zero-order valence-electron chi connectivity index (χ0n) is 14.0. The number of nitrogens with zero attached hydrogens (tertiary/aromatic N) is 2. The van der Waals surface area contributed by atoms with Gasteiger partial charge in [-0.2, -0.15) is 0 Å². The highest BCUT2D eigenvalue weighted by molar-refractivity contribution is 5.94. The lowest BCUT2D eigenvalue weighted by molar-refractivity contribution is 0.0678. The number of aromatic nitrogens is 1. The third-order valence-corrected chi connectivity index (χ3v) is 3.96. The highest BCUT2D eigenvalue weighted by Gasteiger charge is 2.17. The van der Waals surface area contributed by atoms with Crippen molar-refractivity contribution in [2.24, 2.45) is 0 Å². The Morgan fingerprint density at radius 2 is 2.29 bits per heavy atom. The van der Waals surface area contributed by atoms with Gasteiger partial charge in [-0.15, -0.1) is 0 Å². The fourth-order valence-corrected chi connectivity index (χ4v) is 2.71. The van der Waals surface area contributed by atoms with Crippen LogP contribution in [0.2, 0.25) is 0 Å². The van der Waals surface area contributed by atoms with Gasteiger partial charge in [-0.3, -0.25) is 4.79 Å². The molecule has 1 aromatic carbocycles. The third kappa shape index (κ3) is 4.14. The van der Waals surface area contributed by atoms with Crippen LogP contribution in [0.5, 0.6) is 5.75 Å². The summed E-state index contributed by atoms with van der Waals surface area (Å²) in [4.78, 5) is 14.2. The SMILES string of the molecule is Cc1cc(CN(C)C(=O)c2cccc(OCC3CCCO3)c2)no1. The van der Waals surface area contributed by atoms with Gasteiger partial charge in [0.25, 0.3) is 5.91 Å². The quantitative estimate of drug-likeness (QED) is 0.815. The third-order valence-electron chi connectivity index (χ3n) is 3.96. The molecule has 1 saturated heterocycles. The van der Waals surface area contributed by atoms with Crippen molar-refractivity contribution in [3.8, 4) is 5.75 Å². The molecule has 0 aliphatic carbocycles. The number of ether oxygens (including phenoxy) is 2. The molecule has 6 nitrogen and oxygen atoms in total. The maximum atomic E-state index is 12.6. The van der Waals surface area contributed by atoms with E-state index in [9.17, 15) is 4.79 Å². The van der Waals surface area contributed by atoms with Gasteiger partial charge in [-0.25, -0.2) is 0 Å². The topological polar surface area (TPSA) is 64.8 Å². The van der Waals surface area contributed by atoms with Gasteiger partial charge in [0.2, 0.25) is 0 Å². The number of aryl methyl sites for hydroxylation is 1. The van der Waals surface area contributed by atoms with Gasteiger partial charge in [-0.1, -0.05) is 11.2 Å². The highest BCUT2D eigenvalue weighted by Crippen LogP contribution is 2.18. The molecule has 3 rings (SSSR count). The van der Waals surface area contributed by atoms with Crippen LogP contribution in [0, 0.1) is 6.92 Å². The van der Waals surface area contributed by atoms with E-state index < -0.39 is 0 Å². The summed E-state index contributed by atoms with van der Waals surface area (Å²) in [5.74, 6) is 1.33. The molecule has 128 valence electrons. The number of hydrogen-bond donors (Lipinski definition) is 0. The van der Waals surface area contributed by atoms with Gasteiger partial charge < -0.3 is 18.9 Å². The minimum Gasteiger partial charge on any atom is -0.491 e. The molecule has 2 aromatic rings. The van der Waals surface area contributed by atoms with Crippen molar-refractivity contribution in [1.82, 2.24) is 10.1 Å². The van der Waals surface area contributed by atoms with E-state index in [0.717, 1.165) is 30.9 Å². The number of benzene rings is 1. The van der Waals surface area contributed by atoms with Gasteiger partial charge in [0, 0.05) is 25.3 Å². The molecule has 0 saturated carbocycles. The summed E-state index contributed by atoms with van der Waals surface area (Å²) in [5.41, 5.74) is 1.32. The molecule has 1 fully saturated rings. The van der Waals surface area contributed by atoms with Crippen molar-refractivity contribution in [3.05, 3.63) is 47.3 Å². The number of amides is 1. The summed E-state index contributed by atoms with van der Waals surface area (Å²) >= 11 is 0. The molecule has 0 spiro atoms. The lowest BCUT2D eigenvalue weighted by atomic mass is 10.2. The zero-order valence-corrected chi connectivity index (χ0v) is 14.0. The zero-order chi connectivity index (χ0) is 16.9. The molecular formula is C18H22N2O4. The first-order valence-electron chi connectivity index (χ1n) is 8.14. The van der Waals surface area contributed by atoms with Gasteiger partial charge in [-0.05, 0) is 38.0 Å². The lowest BCUT2D eigenvalue weighted by Crippen LogP contribution is -2.26. The molecule has 1 atom stereocenters. The maximum Gasteiger partial charge on any atom is 0.254 e. The smallest absolute Gasteiger partial charge is 0.254 e. The predicted molar refractivity (Wildman–Crippen MR) is 87.9 cm³/mol. The molecule has 2 heterocycles. The summed E-state index contributed by atoms with van der Waals surface area (Å²) < 4.78 is 16.3. The van der Waals surface area contributed by atoms with E-state index >= 15 is 0 Å². The fraction of sp³-hybridized carbons (Fsp3) is 0.444. The minimum absolute atomic E-state index is 0.0850. The largest absolute Gasteiger partial charge is 0.491 e. The van der Waals surface area contributed by atoms with E-state index in [2.05, 4.69) is 5.16 Å². The van der Waals surface area contributed by atoms with Crippen molar-refractivity contribution >= 4 is 5.91 Å². The molecule has 1 amide bonds. The molecule has 0 bridgehead atoms. The monoisotopic (exact) mass is 330 g/mol. The molecule has 6 heteroatoms. The molecule has 0 radical (unpaired) electrons. The van der Waals surface area contributed by atoms with Gasteiger partial charge in [0.1, 0.15) is 23.8 Å².